The molecule has 11 aromatic rings. The van der Waals surface area contributed by atoms with Crippen molar-refractivity contribution < 1.29 is 18.1 Å². The second-order valence-electron chi connectivity index (χ2n) is 11.8. The van der Waals surface area contributed by atoms with Crippen LogP contribution in [-0.2, 0) is 0 Å². The third-order valence-electron chi connectivity index (χ3n) is 9.38. The molecule has 0 aliphatic carbocycles. The molecule has 0 spiro atoms. The van der Waals surface area contributed by atoms with E-state index in [1.165, 1.54) is 0 Å². The zero-order valence-corrected chi connectivity index (χ0v) is 24.5. The molecule has 0 N–H and O–H groups in total. The fourth-order valence-electron chi connectivity index (χ4n) is 7.46. The fraction of sp³-hybridized carbons (Fsp3) is 0. The van der Waals surface area contributed by atoms with Gasteiger partial charge in [-0.05, 0) is 76.7 Å². The Labute approximate surface area is 283 Å². The van der Waals surface area contributed by atoms with Crippen LogP contribution in [-0.4, -0.2) is 9.13 Å². The number of hydrogen-bond donors (Lipinski definition) is 0. The summed E-state index contributed by atoms with van der Waals surface area (Å²) in [5.74, 6) is 0. The molecule has 8 aromatic carbocycles. The molecule has 47 heavy (non-hydrogen) atoms. The quantitative estimate of drug-likeness (QED) is 0.191. The number of hydrogen-bond acceptors (Lipinski definition) is 1. The second kappa shape index (κ2) is 9.12. The van der Waals surface area contributed by atoms with Crippen LogP contribution >= 0.6 is 0 Å². The minimum Gasteiger partial charge on any atom is -0.456 e. The van der Waals surface area contributed by atoms with Crippen LogP contribution in [0.15, 0.2) is 162 Å². The van der Waals surface area contributed by atoms with Crippen LogP contribution in [0.5, 0.6) is 0 Å². The predicted molar refractivity (Wildman–Crippen MR) is 197 cm³/mol. The SMILES string of the molecule is [2H]c1c([2H])c([2H])c(-n2c3cc4c(cc3c3c5ccccc5ccc32)c2ccccc2n4-c2c([2H])c([2H])c([2H])c3c2c([2H])c([2H])c2oc4ccccc4c23)c([2H])c1[2H]. The van der Waals surface area contributed by atoms with Crippen molar-refractivity contribution in [3.8, 4) is 11.4 Å². The van der Waals surface area contributed by atoms with Gasteiger partial charge in [-0.2, -0.15) is 0 Å². The monoisotopic (exact) mass is 608 g/mol. The lowest BCUT2D eigenvalue weighted by atomic mass is 10.0. The third kappa shape index (κ3) is 3.30. The highest BCUT2D eigenvalue weighted by molar-refractivity contribution is 6.26. The van der Waals surface area contributed by atoms with E-state index in [4.69, 9.17) is 14.0 Å². The fourth-order valence-corrected chi connectivity index (χ4v) is 7.46. The van der Waals surface area contributed by atoms with Crippen molar-refractivity contribution in [2.24, 2.45) is 0 Å². The summed E-state index contributed by atoms with van der Waals surface area (Å²) < 4.78 is 99.6. The molecule has 0 aliphatic rings. The summed E-state index contributed by atoms with van der Waals surface area (Å²) in [6.45, 7) is 0. The Morgan fingerprint density at radius 1 is 0.426 bits per heavy atom. The Kier molecular flexibility index (Phi) is 3.38. The van der Waals surface area contributed by atoms with E-state index >= 15 is 0 Å². The average molecular weight is 609 g/mol. The minimum atomic E-state index is -0.499. The first-order chi connectivity index (χ1) is 27.5. The molecule has 0 aliphatic heterocycles. The van der Waals surface area contributed by atoms with Gasteiger partial charge in [-0.15, -0.1) is 0 Å². The van der Waals surface area contributed by atoms with E-state index in [2.05, 4.69) is 0 Å². The van der Waals surface area contributed by atoms with E-state index in [-0.39, 0.29) is 70.0 Å². The molecule has 0 unspecified atom stereocenters. The maximum absolute atomic E-state index is 9.48. The topological polar surface area (TPSA) is 23.0 Å². The highest BCUT2D eigenvalue weighted by Crippen LogP contribution is 2.43. The van der Waals surface area contributed by atoms with Crippen LogP contribution in [0.3, 0.4) is 0 Å². The van der Waals surface area contributed by atoms with Crippen LogP contribution < -0.4 is 0 Å². The number of furan rings is 1. The van der Waals surface area contributed by atoms with Crippen molar-refractivity contribution in [1.82, 2.24) is 9.13 Å². The molecule has 11 rings (SSSR count). The summed E-state index contributed by atoms with van der Waals surface area (Å²) in [5, 5.41) is 6.49. The van der Waals surface area contributed by atoms with Crippen molar-refractivity contribution in [3.63, 3.8) is 0 Å². The molecule has 3 heteroatoms. The predicted octanol–water partition coefficient (Wildman–Crippen LogP) is 12.1. The van der Waals surface area contributed by atoms with Crippen LogP contribution in [0, 0.1) is 0 Å². The molecule has 3 nitrogen and oxygen atoms in total. The van der Waals surface area contributed by atoms with Gasteiger partial charge >= 0.3 is 0 Å². The number of para-hydroxylation sites is 3. The molecule has 0 amide bonds. The summed E-state index contributed by atoms with van der Waals surface area (Å²) in [5.41, 5.74) is 3.11. The summed E-state index contributed by atoms with van der Waals surface area (Å²) in [7, 11) is 0. The molecule has 3 aromatic heterocycles. The number of benzene rings is 8. The van der Waals surface area contributed by atoms with E-state index in [0.29, 0.717) is 38.4 Å². The van der Waals surface area contributed by atoms with Gasteiger partial charge in [0.05, 0.1) is 41.5 Å². The van der Waals surface area contributed by atoms with E-state index in [1.54, 1.807) is 21.3 Å². The van der Waals surface area contributed by atoms with Gasteiger partial charge < -0.3 is 13.6 Å². The number of fused-ring (bicyclic) bond motifs is 13. The summed E-state index contributed by atoms with van der Waals surface area (Å²) >= 11 is 0. The highest BCUT2D eigenvalue weighted by Gasteiger charge is 2.21. The molecule has 0 atom stereocenters. The molecule has 0 fully saturated rings. The highest BCUT2D eigenvalue weighted by atomic mass is 16.3. The van der Waals surface area contributed by atoms with Gasteiger partial charge in [0, 0.05) is 43.4 Å². The van der Waals surface area contributed by atoms with E-state index in [1.807, 2.05) is 84.9 Å². The number of aromatic nitrogens is 2. The maximum atomic E-state index is 9.48. The van der Waals surface area contributed by atoms with Gasteiger partial charge in [0.2, 0.25) is 0 Å². The molecule has 3 heterocycles. The van der Waals surface area contributed by atoms with Crippen molar-refractivity contribution in [3.05, 3.63) is 157 Å². The molecule has 218 valence electrons. The number of rotatable bonds is 2. The molecular formula is C44H26N2O. The van der Waals surface area contributed by atoms with Crippen molar-refractivity contribution in [2.75, 3.05) is 0 Å². The van der Waals surface area contributed by atoms with E-state index < -0.39 is 18.1 Å². The summed E-state index contributed by atoms with van der Waals surface area (Å²) in [4.78, 5) is 0. The van der Waals surface area contributed by atoms with Crippen LogP contribution in [0.4, 0.5) is 0 Å². The Morgan fingerprint density at radius 2 is 1.21 bits per heavy atom. The third-order valence-corrected chi connectivity index (χ3v) is 9.38. The maximum Gasteiger partial charge on any atom is 0.136 e. The molecule has 0 radical (unpaired) electrons. The second-order valence-corrected chi connectivity index (χ2v) is 11.8. The van der Waals surface area contributed by atoms with E-state index in [0.717, 1.165) is 32.3 Å². The molecule has 0 saturated carbocycles. The lowest BCUT2D eigenvalue weighted by Gasteiger charge is -2.13. The average Bonchev–Trinajstić information content (AvgIpc) is 3.88. The van der Waals surface area contributed by atoms with Crippen LogP contribution in [0.2, 0.25) is 0 Å². The van der Waals surface area contributed by atoms with Gasteiger partial charge in [0.25, 0.3) is 0 Å². The van der Waals surface area contributed by atoms with Gasteiger partial charge in [0.15, 0.2) is 0 Å². The number of nitrogens with zero attached hydrogens (tertiary/aromatic N) is 2. The Balaban J connectivity index is 1.39. The van der Waals surface area contributed by atoms with Crippen molar-refractivity contribution >= 4 is 87.1 Å². The first kappa shape index (κ1) is 17.4. The van der Waals surface area contributed by atoms with Crippen LogP contribution in [0.1, 0.15) is 13.7 Å². The standard InChI is InChI=1S/C44H26N2O/c1-2-12-28(13-3-1)45-38-23-21-27-11-4-5-14-29(27)43(38)35-25-34-30-15-6-8-18-36(30)46(39(34)26-40(35)45)37-19-10-17-32-31(37)22-24-42-44(32)33-16-7-9-20-41(33)47-42/h1-26H/i1D,2D,3D,10D,12D,13D,17D,19D,22D,24D. The molecular weight excluding hydrogens is 572 g/mol. The van der Waals surface area contributed by atoms with Gasteiger partial charge in [-0.25, -0.2) is 0 Å². The first-order valence-electron chi connectivity index (χ1n) is 20.3. The van der Waals surface area contributed by atoms with E-state index in [9.17, 15) is 4.11 Å². The smallest absolute Gasteiger partial charge is 0.136 e. The Bertz CT molecular complexity index is 3630. The van der Waals surface area contributed by atoms with Crippen LogP contribution in [0.25, 0.3) is 98.5 Å². The minimum absolute atomic E-state index is 0.0153. The van der Waals surface area contributed by atoms with Gasteiger partial charge in [0.1, 0.15) is 11.2 Å². The normalized spacial score (nSPS) is 15.2. The Morgan fingerprint density at radius 3 is 2.13 bits per heavy atom. The first-order valence-corrected chi connectivity index (χ1v) is 15.3. The molecule has 0 bridgehead atoms. The lowest BCUT2D eigenvalue weighted by Crippen LogP contribution is -1.96. The zero-order chi connectivity index (χ0) is 39.3. The largest absolute Gasteiger partial charge is 0.456 e. The van der Waals surface area contributed by atoms with Crippen molar-refractivity contribution in [1.29, 1.82) is 0 Å². The van der Waals surface area contributed by atoms with Gasteiger partial charge in [-0.3, -0.25) is 0 Å². The van der Waals surface area contributed by atoms with Crippen molar-refractivity contribution in [2.45, 2.75) is 0 Å². The summed E-state index contributed by atoms with van der Waals surface area (Å²) in [6, 6.07) is 26.9. The van der Waals surface area contributed by atoms with Gasteiger partial charge in [-0.1, -0.05) is 96.9 Å². The molecule has 0 saturated heterocycles. The lowest BCUT2D eigenvalue weighted by molar-refractivity contribution is 0.669. The summed E-state index contributed by atoms with van der Waals surface area (Å²) in [6.07, 6.45) is 0. The zero-order valence-electron chi connectivity index (χ0n) is 34.5. The Hall–Kier alpha value is -6.32.